The summed E-state index contributed by atoms with van der Waals surface area (Å²) in [5.74, 6) is 0. The van der Waals surface area contributed by atoms with Crippen molar-refractivity contribution < 1.29 is 4.52 Å². The molecule has 0 fully saturated rings. The van der Waals surface area contributed by atoms with Crippen molar-refractivity contribution in [2.24, 2.45) is 0 Å². The number of benzene rings is 1. The van der Waals surface area contributed by atoms with Gasteiger partial charge in [0.1, 0.15) is 0 Å². The van der Waals surface area contributed by atoms with Crippen LogP contribution >= 0.6 is 15.9 Å². The largest absolute Gasteiger partial charge is 0.396 e. The molecule has 0 aliphatic heterocycles. The van der Waals surface area contributed by atoms with E-state index >= 15 is 0 Å². The van der Waals surface area contributed by atoms with Crippen LogP contribution in [0.2, 0.25) is 0 Å². The summed E-state index contributed by atoms with van der Waals surface area (Å²) in [4.78, 5) is 0. The summed E-state index contributed by atoms with van der Waals surface area (Å²) in [6.45, 7) is 0. The molecule has 1 aromatic carbocycles. The number of nitrogens with two attached hydrogens (primary N) is 1. The minimum atomic E-state index is 0.612. The van der Waals surface area contributed by atoms with Crippen LogP contribution in [0, 0.1) is 0 Å². The van der Waals surface area contributed by atoms with E-state index in [9.17, 15) is 0 Å². The van der Waals surface area contributed by atoms with E-state index in [0.29, 0.717) is 11.3 Å². The predicted octanol–water partition coefficient (Wildman–Crippen LogP) is 2.17. The van der Waals surface area contributed by atoms with E-state index in [4.69, 9.17) is 10.3 Å². The Morgan fingerprint density at radius 2 is 2.27 bits per heavy atom. The molecule has 0 radical (unpaired) electrons. The molecule has 2 N–H and O–H groups in total. The maximum atomic E-state index is 5.61. The Hall–Kier alpha value is -1.03. The number of hydrogen-bond donors (Lipinski definition) is 1. The van der Waals surface area contributed by atoms with E-state index < -0.39 is 0 Å². The molecule has 0 spiro atoms. The van der Waals surface area contributed by atoms with Gasteiger partial charge >= 0.3 is 0 Å². The lowest BCUT2D eigenvalue weighted by molar-refractivity contribution is 0.457. The first kappa shape index (κ1) is 6.67. The van der Waals surface area contributed by atoms with Crippen molar-refractivity contribution in [2.75, 3.05) is 5.73 Å². The fourth-order valence-corrected chi connectivity index (χ4v) is 1.36. The van der Waals surface area contributed by atoms with Crippen molar-refractivity contribution in [3.63, 3.8) is 0 Å². The lowest BCUT2D eigenvalue weighted by atomic mass is 10.2. The van der Waals surface area contributed by atoms with Crippen molar-refractivity contribution in [3.05, 3.63) is 22.8 Å². The smallest absolute Gasteiger partial charge is 0.190 e. The highest BCUT2D eigenvalue weighted by Crippen LogP contribution is 2.27. The third-order valence-corrected chi connectivity index (χ3v) is 2.19. The number of hydrogen-bond acceptors (Lipinski definition) is 3. The number of nitrogens with zero attached hydrogens (tertiary/aromatic N) is 1. The molecule has 0 saturated carbocycles. The Kier molecular flexibility index (Phi) is 1.35. The van der Waals surface area contributed by atoms with Crippen molar-refractivity contribution >= 4 is 32.6 Å². The van der Waals surface area contributed by atoms with Gasteiger partial charge in [-0.2, -0.15) is 0 Å². The average molecular weight is 213 g/mol. The summed E-state index contributed by atoms with van der Waals surface area (Å²) in [7, 11) is 0. The van der Waals surface area contributed by atoms with E-state index in [2.05, 4.69) is 21.1 Å². The maximum Gasteiger partial charge on any atom is 0.190 e. The van der Waals surface area contributed by atoms with Gasteiger partial charge in [-0.3, -0.25) is 0 Å². The first-order chi connectivity index (χ1) is 5.29. The zero-order valence-corrected chi connectivity index (χ0v) is 7.13. The highest BCUT2D eigenvalue weighted by Gasteiger charge is 2.04. The standard InChI is InChI=1S/C7H5BrN2O/c8-5-1-2-6(9)7-4(5)3-10-11-7/h1-3H,9H2. The Labute approximate surface area is 71.3 Å². The molecule has 0 aliphatic carbocycles. The van der Waals surface area contributed by atoms with Gasteiger partial charge in [0.15, 0.2) is 5.58 Å². The summed E-state index contributed by atoms with van der Waals surface area (Å²) in [5, 5.41) is 4.55. The van der Waals surface area contributed by atoms with Gasteiger partial charge in [0.25, 0.3) is 0 Å². The fraction of sp³-hybridized carbons (Fsp3) is 0. The number of nitrogen functional groups attached to an aromatic ring is 1. The fourth-order valence-electron chi connectivity index (χ4n) is 0.946. The second kappa shape index (κ2) is 2.23. The van der Waals surface area contributed by atoms with Crippen LogP contribution < -0.4 is 5.73 Å². The molecule has 2 aromatic rings. The van der Waals surface area contributed by atoms with Crippen LogP contribution in [0.25, 0.3) is 11.0 Å². The highest BCUT2D eigenvalue weighted by atomic mass is 79.9. The minimum absolute atomic E-state index is 0.612. The first-order valence-corrected chi connectivity index (χ1v) is 3.86. The number of rotatable bonds is 0. The maximum absolute atomic E-state index is 5.61. The first-order valence-electron chi connectivity index (χ1n) is 3.07. The van der Waals surface area contributed by atoms with E-state index in [1.807, 2.05) is 6.07 Å². The third-order valence-electron chi connectivity index (χ3n) is 1.50. The Balaban J connectivity index is 2.96. The quantitative estimate of drug-likeness (QED) is 0.682. The lowest BCUT2D eigenvalue weighted by Crippen LogP contribution is -1.83. The van der Waals surface area contributed by atoms with Crippen LogP contribution in [0.3, 0.4) is 0 Å². The van der Waals surface area contributed by atoms with Gasteiger partial charge in [0.05, 0.1) is 17.3 Å². The highest BCUT2D eigenvalue weighted by molar-refractivity contribution is 9.10. The Morgan fingerprint density at radius 3 is 3.00 bits per heavy atom. The van der Waals surface area contributed by atoms with E-state index in [0.717, 1.165) is 9.86 Å². The topological polar surface area (TPSA) is 52.0 Å². The van der Waals surface area contributed by atoms with E-state index in [-0.39, 0.29) is 0 Å². The average Bonchev–Trinajstić information content (AvgIpc) is 2.45. The number of halogens is 1. The molecule has 4 heteroatoms. The zero-order valence-electron chi connectivity index (χ0n) is 5.54. The molecule has 0 amide bonds. The van der Waals surface area contributed by atoms with Crippen LogP contribution in [0.15, 0.2) is 27.3 Å². The monoisotopic (exact) mass is 212 g/mol. The van der Waals surface area contributed by atoms with Crippen LogP contribution in [-0.2, 0) is 0 Å². The van der Waals surface area contributed by atoms with Gasteiger partial charge in [-0.1, -0.05) is 5.16 Å². The summed E-state index contributed by atoms with van der Waals surface area (Å²) < 4.78 is 5.87. The predicted molar refractivity (Wildman–Crippen MR) is 46.1 cm³/mol. The van der Waals surface area contributed by atoms with Gasteiger partial charge in [-0.15, -0.1) is 0 Å². The van der Waals surface area contributed by atoms with Crippen molar-refractivity contribution in [2.45, 2.75) is 0 Å². The molecule has 0 unspecified atom stereocenters. The molecule has 0 atom stereocenters. The summed E-state index contributed by atoms with van der Waals surface area (Å²) >= 11 is 3.35. The second-order valence-corrected chi connectivity index (χ2v) is 3.06. The van der Waals surface area contributed by atoms with Crippen molar-refractivity contribution in [1.29, 1.82) is 0 Å². The lowest BCUT2D eigenvalue weighted by Gasteiger charge is -1.93. The summed E-state index contributed by atoms with van der Waals surface area (Å²) in [5.41, 5.74) is 6.87. The molecular formula is C7H5BrN2O. The minimum Gasteiger partial charge on any atom is -0.396 e. The molecule has 0 aliphatic rings. The van der Waals surface area contributed by atoms with E-state index in [1.54, 1.807) is 12.3 Å². The molecule has 0 bridgehead atoms. The van der Waals surface area contributed by atoms with Gasteiger partial charge < -0.3 is 10.3 Å². The molecule has 0 saturated heterocycles. The van der Waals surface area contributed by atoms with Crippen LogP contribution in [0.5, 0.6) is 0 Å². The van der Waals surface area contributed by atoms with Gasteiger partial charge in [-0.05, 0) is 28.1 Å². The molecule has 56 valence electrons. The molecular weight excluding hydrogens is 208 g/mol. The zero-order chi connectivity index (χ0) is 7.84. The van der Waals surface area contributed by atoms with Gasteiger partial charge in [-0.25, -0.2) is 0 Å². The SMILES string of the molecule is Nc1ccc(Br)c2cnoc12. The van der Waals surface area contributed by atoms with Gasteiger partial charge in [0, 0.05) is 4.47 Å². The van der Waals surface area contributed by atoms with Crippen LogP contribution in [-0.4, -0.2) is 5.16 Å². The molecule has 2 rings (SSSR count). The molecule has 3 nitrogen and oxygen atoms in total. The molecule has 11 heavy (non-hydrogen) atoms. The third kappa shape index (κ3) is 0.903. The Bertz CT molecular complexity index is 360. The number of aromatic nitrogens is 1. The number of anilines is 1. The second-order valence-electron chi connectivity index (χ2n) is 2.21. The summed E-state index contributed by atoms with van der Waals surface area (Å²) in [6, 6.07) is 3.65. The molecule has 1 aromatic heterocycles. The normalized spacial score (nSPS) is 10.6. The summed E-state index contributed by atoms with van der Waals surface area (Å²) in [6.07, 6.45) is 1.63. The van der Waals surface area contributed by atoms with Crippen molar-refractivity contribution in [3.8, 4) is 0 Å². The Morgan fingerprint density at radius 1 is 1.45 bits per heavy atom. The molecule has 1 heterocycles. The number of fused-ring (bicyclic) bond motifs is 1. The van der Waals surface area contributed by atoms with E-state index in [1.165, 1.54) is 0 Å². The van der Waals surface area contributed by atoms with Gasteiger partial charge in [0.2, 0.25) is 0 Å². The van der Waals surface area contributed by atoms with Crippen LogP contribution in [0.4, 0.5) is 5.69 Å². The van der Waals surface area contributed by atoms with Crippen LogP contribution in [0.1, 0.15) is 0 Å². The van der Waals surface area contributed by atoms with Crippen molar-refractivity contribution in [1.82, 2.24) is 5.16 Å².